The van der Waals surface area contributed by atoms with Crippen molar-refractivity contribution in [2.45, 2.75) is 45.1 Å². The molecule has 0 saturated carbocycles. The molecule has 1 rings (SSSR count). The first-order valence-electron chi connectivity index (χ1n) is 6.54. The third kappa shape index (κ3) is 4.28. The van der Waals surface area contributed by atoms with Crippen LogP contribution in [-0.4, -0.2) is 37.5 Å². The highest BCUT2D eigenvalue weighted by atomic mass is 16.5. The van der Waals surface area contributed by atoms with Crippen LogP contribution in [0.25, 0.3) is 0 Å². The summed E-state index contributed by atoms with van der Waals surface area (Å²) in [5.74, 6) is -0.618. The van der Waals surface area contributed by atoms with Gasteiger partial charge in [-0.05, 0) is 19.3 Å². The third-order valence-corrected chi connectivity index (χ3v) is 3.46. The van der Waals surface area contributed by atoms with E-state index in [0.717, 1.165) is 32.3 Å². The average Bonchev–Trinajstić information content (AvgIpc) is 2.39. The molecule has 4 heteroatoms. The number of carbonyl (C=O) groups is 1. The Labute approximate surface area is 103 Å². The zero-order valence-electron chi connectivity index (χ0n) is 10.9. The van der Waals surface area contributed by atoms with Gasteiger partial charge in [0.1, 0.15) is 0 Å². The lowest BCUT2D eigenvalue weighted by atomic mass is 9.84. The molecule has 1 saturated heterocycles. The van der Waals surface area contributed by atoms with Crippen LogP contribution in [0.15, 0.2) is 0 Å². The summed E-state index contributed by atoms with van der Waals surface area (Å²) >= 11 is 0. The molecule has 1 fully saturated rings. The van der Waals surface area contributed by atoms with Gasteiger partial charge < -0.3 is 14.6 Å². The molecule has 17 heavy (non-hydrogen) atoms. The molecule has 0 aromatic rings. The van der Waals surface area contributed by atoms with Crippen molar-refractivity contribution in [1.29, 1.82) is 0 Å². The summed E-state index contributed by atoms with van der Waals surface area (Å²) in [6, 6.07) is 0. The second kappa shape index (κ2) is 7.67. The number of hydrogen-bond acceptors (Lipinski definition) is 4. The van der Waals surface area contributed by atoms with Gasteiger partial charge in [0.05, 0.1) is 25.7 Å². The Morgan fingerprint density at radius 3 is 2.88 bits per heavy atom. The summed E-state index contributed by atoms with van der Waals surface area (Å²) in [5.41, 5.74) is 0. The third-order valence-electron chi connectivity index (χ3n) is 3.46. The summed E-state index contributed by atoms with van der Waals surface area (Å²) in [7, 11) is 1.38. The van der Waals surface area contributed by atoms with Crippen molar-refractivity contribution in [3.05, 3.63) is 0 Å². The van der Waals surface area contributed by atoms with Gasteiger partial charge in [-0.1, -0.05) is 19.8 Å². The van der Waals surface area contributed by atoms with E-state index in [9.17, 15) is 9.90 Å². The summed E-state index contributed by atoms with van der Waals surface area (Å²) in [4.78, 5) is 11.7. The standard InChI is InChI=1S/C13H24O4/c1-3-4-7-11(13(15)16-2)12(14)10-6-5-8-17-9-10/h10-12,14H,3-9H2,1-2H3. The average molecular weight is 244 g/mol. The molecule has 0 bridgehead atoms. The number of aliphatic hydroxyl groups is 1. The Morgan fingerprint density at radius 1 is 1.59 bits per heavy atom. The Morgan fingerprint density at radius 2 is 2.35 bits per heavy atom. The van der Waals surface area contributed by atoms with Gasteiger partial charge in [-0.3, -0.25) is 4.79 Å². The highest BCUT2D eigenvalue weighted by molar-refractivity contribution is 5.72. The maximum atomic E-state index is 11.7. The van der Waals surface area contributed by atoms with Crippen LogP contribution in [0.2, 0.25) is 0 Å². The second-order valence-electron chi connectivity index (χ2n) is 4.74. The van der Waals surface area contributed by atoms with Crippen molar-refractivity contribution in [3.63, 3.8) is 0 Å². The predicted molar refractivity (Wildman–Crippen MR) is 64.6 cm³/mol. The van der Waals surface area contributed by atoms with E-state index in [2.05, 4.69) is 6.92 Å². The number of rotatable bonds is 6. The van der Waals surface area contributed by atoms with Gasteiger partial charge in [0.25, 0.3) is 0 Å². The Hall–Kier alpha value is -0.610. The fourth-order valence-corrected chi connectivity index (χ4v) is 2.37. The maximum Gasteiger partial charge on any atom is 0.311 e. The van der Waals surface area contributed by atoms with Gasteiger partial charge in [-0.2, -0.15) is 0 Å². The molecule has 0 aliphatic carbocycles. The molecule has 1 aliphatic heterocycles. The fourth-order valence-electron chi connectivity index (χ4n) is 2.37. The van der Waals surface area contributed by atoms with Crippen LogP contribution >= 0.6 is 0 Å². The van der Waals surface area contributed by atoms with Crippen LogP contribution in [0.3, 0.4) is 0 Å². The van der Waals surface area contributed by atoms with Crippen molar-refractivity contribution in [3.8, 4) is 0 Å². The molecule has 3 atom stereocenters. The topological polar surface area (TPSA) is 55.8 Å². The van der Waals surface area contributed by atoms with Gasteiger partial charge in [-0.25, -0.2) is 0 Å². The molecule has 1 aliphatic rings. The lowest BCUT2D eigenvalue weighted by Crippen LogP contribution is -2.39. The van der Waals surface area contributed by atoms with E-state index in [1.165, 1.54) is 7.11 Å². The number of carbonyl (C=O) groups excluding carboxylic acids is 1. The van der Waals surface area contributed by atoms with Gasteiger partial charge in [-0.15, -0.1) is 0 Å². The Balaban J connectivity index is 2.56. The SMILES string of the molecule is CCCCC(C(=O)OC)C(O)C1CCCOC1. The molecular formula is C13H24O4. The Kier molecular flexibility index (Phi) is 6.52. The number of unbranched alkanes of at least 4 members (excludes halogenated alkanes) is 1. The molecule has 0 aromatic heterocycles. The number of esters is 1. The fraction of sp³-hybridized carbons (Fsp3) is 0.923. The zero-order valence-corrected chi connectivity index (χ0v) is 10.9. The number of methoxy groups -OCH3 is 1. The van der Waals surface area contributed by atoms with E-state index in [-0.39, 0.29) is 11.9 Å². The molecule has 3 unspecified atom stereocenters. The van der Waals surface area contributed by atoms with Crippen LogP contribution in [0, 0.1) is 11.8 Å². The summed E-state index contributed by atoms with van der Waals surface area (Å²) in [6.07, 6.45) is 3.91. The smallest absolute Gasteiger partial charge is 0.311 e. The first kappa shape index (κ1) is 14.5. The molecule has 0 aromatic carbocycles. The first-order valence-corrected chi connectivity index (χ1v) is 6.54. The van der Waals surface area contributed by atoms with Crippen molar-refractivity contribution >= 4 is 5.97 Å². The highest BCUT2D eigenvalue weighted by Crippen LogP contribution is 2.26. The minimum absolute atomic E-state index is 0.0738. The number of ether oxygens (including phenoxy) is 2. The minimum atomic E-state index is -0.630. The van der Waals surface area contributed by atoms with Gasteiger partial charge in [0.15, 0.2) is 0 Å². The van der Waals surface area contributed by atoms with Crippen molar-refractivity contribution < 1.29 is 19.4 Å². The van der Waals surface area contributed by atoms with Crippen LogP contribution in [0.4, 0.5) is 0 Å². The molecular weight excluding hydrogens is 220 g/mol. The monoisotopic (exact) mass is 244 g/mol. The van der Waals surface area contributed by atoms with Crippen LogP contribution in [0.5, 0.6) is 0 Å². The van der Waals surface area contributed by atoms with Gasteiger partial charge in [0, 0.05) is 12.5 Å². The molecule has 1 N–H and O–H groups in total. The van der Waals surface area contributed by atoms with E-state index >= 15 is 0 Å². The zero-order chi connectivity index (χ0) is 12.7. The van der Waals surface area contributed by atoms with Crippen molar-refractivity contribution in [1.82, 2.24) is 0 Å². The van der Waals surface area contributed by atoms with Crippen molar-refractivity contribution in [2.75, 3.05) is 20.3 Å². The molecule has 100 valence electrons. The van der Waals surface area contributed by atoms with E-state index in [4.69, 9.17) is 9.47 Å². The van der Waals surface area contributed by atoms with Crippen LogP contribution in [0.1, 0.15) is 39.0 Å². The number of aliphatic hydroxyl groups excluding tert-OH is 1. The lowest BCUT2D eigenvalue weighted by molar-refractivity contribution is -0.153. The minimum Gasteiger partial charge on any atom is -0.469 e. The van der Waals surface area contributed by atoms with Crippen LogP contribution in [-0.2, 0) is 14.3 Å². The first-order chi connectivity index (χ1) is 8.20. The summed E-state index contributed by atoms with van der Waals surface area (Å²) < 4.78 is 10.1. The van der Waals surface area contributed by atoms with Gasteiger partial charge >= 0.3 is 5.97 Å². The normalized spacial score (nSPS) is 24.1. The van der Waals surface area contributed by atoms with E-state index in [1.54, 1.807) is 0 Å². The van der Waals surface area contributed by atoms with E-state index < -0.39 is 12.0 Å². The molecule has 0 radical (unpaired) electrons. The molecule has 0 amide bonds. The van der Waals surface area contributed by atoms with Crippen molar-refractivity contribution in [2.24, 2.45) is 11.8 Å². The van der Waals surface area contributed by atoms with E-state index in [1.807, 2.05) is 0 Å². The quantitative estimate of drug-likeness (QED) is 0.723. The summed E-state index contributed by atoms with van der Waals surface area (Å²) in [5, 5.41) is 10.3. The highest BCUT2D eigenvalue weighted by Gasteiger charge is 2.34. The molecule has 4 nitrogen and oxygen atoms in total. The second-order valence-corrected chi connectivity index (χ2v) is 4.74. The number of hydrogen-bond donors (Lipinski definition) is 1. The van der Waals surface area contributed by atoms with Crippen LogP contribution < -0.4 is 0 Å². The maximum absolute atomic E-state index is 11.7. The largest absolute Gasteiger partial charge is 0.469 e. The molecule has 1 heterocycles. The molecule has 0 spiro atoms. The summed E-state index contributed by atoms with van der Waals surface area (Å²) in [6.45, 7) is 3.40. The predicted octanol–water partition coefficient (Wildman–Crippen LogP) is 1.75. The Bertz CT molecular complexity index is 223. The van der Waals surface area contributed by atoms with Gasteiger partial charge in [0.2, 0.25) is 0 Å². The lowest BCUT2D eigenvalue weighted by Gasteiger charge is -2.30. The van der Waals surface area contributed by atoms with E-state index in [0.29, 0.717) is 13.0 Å².